The first-order chi connectivity index (χ1) is 5.65. The number of ketones is 1. The van der Waals surface area contributed by atoms with Crippen LogP contribution in [0.25, 0.3) is 0 Å². The molecule has 0 bridgehead atoms. The van der Waals surface area contributed by atoms with Crippen LogP contribution in [0.3, 0.4) is 0 Å². The second-order valence-corrected chi connectivity index (χ2v) is 4.11. The smallest absolute Gasteiger partial charge is 0.222 e. The fraction of sp³-hybridized carbons (Fsp3) is 0.778. The van der Waals surface area contributed by atoms with Gasteiger partial charge in [0, 0.05) is 25.8 Å². The topological polar surface area (TPSA) is 46.2 Å². The monoisotopic (exact) mass is 167 g/mol. The van der Waals surface area contributed by atoms with Gasteiger partial charge in [0.05, 0.1) is 0 Å². The Hall–Kier alpha value is -0.860. The standard InChI is InChI=1S/C9H13NO2/c1-10-8(12)6-2-9(3-6)4-7(11)5-9/h6H,2-5H2,1H3,(H,10,12). The number of amides is 1. The van der Waals surface area contributed by atoms with Crippen molar-refractivity contribution in [3.63, 3.8) is 0 Å². The summed E-state index contributed by atoms with van der Waals surface area (Å²) < 4.78 is 0. The first-order valence-electron chi connectivity index (χ1n) is 4.38. The molecule has 1 N–H and O–H groups in total. The van der Waals surface area contributed by atoms with Crippen molar-refractivity contribution in [2.45, 2.75) is 25.7 Å². The Labute approximate surface area is 71.5 Å². The Morgan fingerprint density at radius 3 is 2.50 bits per heavy atom. The Morgan fingerprint density at radius 2 is 2.08 bits per heavy atom. The lowest BCUT2D eigenvalue weighted by Gasteiger charge is -2.52. The average Bonchev–Trinajstić information content (AvgIpc) is 1.92. The highest BCUT2D eigenvalue weighted by Gasteiger charge is 2.54. The second-order valence-electron chi connectivity index (χ2n) is 4.11. The molecule has 0 heterocycles. The fourth-order valence-electron chi connectivity index (χ4n) is 2.45. The molecular weight excluding hydrogens is 154 g/mol. The molecule has 0 aromatic carbocycles. The minimum absolute atomic E-state index is 0.139. The van der Waals surface area contributed by atoms with Crippen LogP contribution in [0.4, 0.5) is 0 Å². The summed E-state index contributed by atoms with van der Waals surface area (Å²) in [5, 5.41) is 2.64. The van der Waals surface area contributed by atoms with Gasteiger partial charge in [-0.3, -0.25) is 9.59 Å². The Bertz CT molecular complexity index is 231. The van der Waals surface area contributed by atoms with Crippen LogP contribution in [0.1, 0.15) is 25.7 Å². The number of carbonyl (C=O) groups is 2. The highest BCUT2D eigenvalue weighted by Crippen LogP contribution is 2.56. The normalized spacial score (nSPS) is 26.2. The molecule has 2 aliphatic carbocycles. The van der Waals surface area contributed by atoms with E-state index in [1.165, 1.54) is 0 Å². The number of hydrogen-bond acceptors (Lipinski definition) is 2. The van der Waals surface area contributed by atoms with Crippen LogP contribution in [0.15, 0.2) is 0 Å². The van der Waals surface area contributed by atoms with Gasteiger partial charge in [-0.15, -0.1) is 0 Å². The quantitative estimate of drug-likeness (QED) is 0.618. The van der Waals surface area contributed by atoms with Crippen LogP contribution >= 0.6 is 0 Å². The van der Waals surface area contributed by atoms with E-state index < -0.39 is 0 Å². The van der Waals surface area contributed by atoms with Crippen molar-refractivity contribution >= 4 is 11.7 Å². The largest absolute Gasteiger partial charge is 0.359 e. The van der Waals surface area contributed by atoms with Gasteiger partial charge in [-0.2, -0.15) is 0 Å². The van der Waals surface area contributed by atoms with Gasteiger partial charge in [0.25, 0.3) is 0 Å². The molecule has 0 aromatic rings. The van der Waals surface area contributed by atoms with E-state index in [2.05, 4.69) is 5.32 Å². The van der Waals surface area contributed by atoms with E-state index >= 15 is 0 Å². The third-order valence-corrected chi connectivity index (χ3v) is 3.12. The van der Waals surface area contributed by atoms with Crippen molar-refractivity contribution in [1.82, 2.24) is 5.32 Å². The number of Topliss-reactive ketones (excluding diaryl/α,β-unsaturated/α-hetero) is 1. The lowest BCUT2D eigenvalue weighted by atomic mass is 9.51. The van der Waals surface area contributed by atoms with Crippen molar-refractivity contribution < 1.29 is 9.59 Å². The van der Waals surface area contributed by atoms with Crippen molar-refractivity contribution in [3.8, 4) is 0 Å². The molecule has 0 aliphatic heterocycles. The first kappa shape index (κ1) is 7.77. The maximum atomic E-state index is 11.1. The van der Waals surface area contributed by atoms with E-state index in [1.807, 2.05) is 0 Å². The maximum absolute atomic E-state index is 11.1. The Kier molecular flexibility index (Phi) is 1.50. The van der Waals surface area contributed by atoms with Crippen LogP contribution < -0.4 is 5.32 Å². The summed E-state index contributed by atoms with van der Waals surface area (Å²) in [6.07, 6.45) is 3.30. The average molecular weight is 167 g/mol. The summed E-state index contributed by atoms with van der Waals surface area (Å²) in [7, 11) is 1.67. The number of nitrogens with one attached hydrogen (secondary N) is 1. The molecule has 2 saturated carbocycles. The molecular formula is C9H13NO2. The zero-order valence-electron chi connectivity index (χ0n) is 7.22. The molecule has 3 heteroatoms. The van der Waals surface area contributed by atoms with Crippen LogP contribution in [0.2, 0.25) is 0 Å². The van der Waals surface area contributed by atoms with Crippen molar-refractivity contribution in [3.05, 3.63) is 0 Å². The van der Waals surface area contributed by atoms with Crippen LogP contribution in [0, 0.1) is 11.3 Å². The van der Waals surface area contributed by atoms with Gasteiger partial charge in [0.15, 0.2) is 0 Å². The summed E-state index contributed by atoms with van der Waals surface area (Å²) in [5.41, 5.74) is 0.258. The third-order valence-electron chi connectivity index (χ3n) is 3.12. The number of carbonyl (C=O) groups excluding carboxylic acids is 2. The second kappa shape index (κ2) is 2.31. The Balaban J connectivity index is 1.84. The van der Waals surface area contributed by atoms with Gasteiger partial charge in [0.2, 0.25) is 5.91 Å². The van der Waals surface area contributed by atoms with E-state index in [-0.39, 0.29) is 17.2 Å². The minimum atomic E-state index is 0.139. The summed E-state index contributed by atoms with van der Waals surface area (Å²) in [5.74, 6) is 0.688. The zero-order chi connectivity index (χ0) is 8.77. The van der Waals surface area contributed by atoms with Gasteiger partial charge in [-0.05, 0) is 18.3 Å². The third kappa shape index (κ3) is 0.958. The van der Waals surface area contributed by atoms with Crippen LogP contribution in [0.5, 0.6) is 0 Å². The number of hydrogen-bond donors (Lipinski definition) is 1. The molecule has 0 radical (unpaired) electrons. The van der Waals surface area contributed by atoms with E-state index in [0.717, 1.165) is 25.7 Å². The predicted octanol–water partition coefficient (Wildman–Crippen LogP) is 0.492. The molecule has 0 atom stereocenters. The van der Waals surface area contributed by atoms with E-state index in [9.17, 15) is 9.59 Å². The molecule has 3 nitrogen and oxygen atoms in total. The summed E-state index contributed by atoms with van der Waals surface area (Å²) in [6, 6.07) is 0. The molecule has 1 amide bonds. The lowest BCUT2D eigenvalue weighted by Crippen LogP contribution is -2.51. The van der Waals surface area contributed by atoms with Crippen molar-refractivity contribution in [2.75, 3.05) is 7.05 Å². The molecule has 1 spiro atoms. The molecule has 12 heavy (non-hydrogen) atoms. The van der Waals surface area contributed by atoms with Gasteiger partial charge >= 0.3 is 0 Å². The molecule has 0 aromatic heterocycles. The highest BCUT2D eigenvalue weighted by atomic mass is 16.2. The van der Waals surface area contributed by atoms with Gasteiger partial charge in [0.1, 0.15) is 5.78 Å². The molecule has 0 saturated heterocycles. The number of rotatable bonds is 1. The van der Waals surface area contributed by atoms with Crippen LogP contribution in [-0.4, -0.2) is 18.7 Å². The van der Waals surface area contributed by atoms with Crippen molar-refractivity contribution in [1.29, 1.82) is 0 Å². The maximum Gasteiger partial charge on any atom is 0.222 e. The van der Waals surface area contributed by atoms with Gasteiger partial charge in [-0.25, -0.2) is 0 Å². The van der Waals surface area contributed by atoms with Gasteiger partial charge in [-0.1, -0.05) is 0 Å². The van der Waals surface area contributed by atoms with Crippen LogP contribution in [-0.2, 0) is 9.59 Å². The molecule has 2 rings (SSSR count). The lowest BCUT2D eigenvalue weighted by molar-refractivity contribution is -0.150. The van der Waals surface area contributed by atoms with E-state index in [1.54, 1.807) is 7.05 Å². The zero-order valence-corrected chi connectivity index (χ0v) is 7.22. The van der Waals surface area contributed by atoms with Crippen molar-refractivity contribution in [2.24, 2.45) is 11.3 Å². The molecule has 2 aliphatic rings. The Morgan fingerprint density at radius 1 is 1.50 bits per heavy atom. The fourth-order valence-corrected chi connectivity index (χ4v) is 2.45. The predicted molar refractivity (Wildman–Crippen MR) is 43.5 cm³/mol. The molecule has 66 valence electrons. The SMILES string of the molecule is CNC(=O)C1CC2(CC(=O)C2)C1. The van der Waals surface area contributed by atoms with Gasteiger partial charge < -0.3 is 5.32 Å². The van der Waals surface area contributed by atoms with E-state index in [0.29, 0.717) is 5.78 Å². The van der Waals surface area contributed by atoms with E-state index in [4.69, 9.17) is 0 Å². The minimum Gasteiger partial charge on any atom is -0.359 e. The summed E-state index contributed by atoms with van der Waals surface area (Å²) >= 11 is 0. The molecule has 2 fully saturated rings. The first-order valence-corrected chi connectivity index (χ1v) is 4.38. The summed E-state index contributed by atoms with van der Waals surface area (Å²) in [6.45, 7) is 0. The molecule has 0 unspecified atom stereocenters. The summed E-state index contributed by atoms with van der Waals surface area (Å²) in [4.78, 5) is 21.9. The highest BCUT2D eigenvalue weighted by molar-refractivity contribution is 5.88.